The van der Waals surface area contributed by atoms with Crippen molar-refractivity contribution in [1.29, 1.82) is 0 Å². The minimum Gasteiger partial charge on any atom is -0.325 e. The van der Waals surface area contributed by atoms with Gasteiger partial charge in [0.25, 0.3) is 0 Å². The Morgan fingerprint density at radius 1 is 1.15 bits per heavy atom. The van der Waals surface area contributed by atoms with Crippen LogP contribution in [0.1, 0.15) is 24.8 Å². The van der Waals surface area contributed by atoms with Crippen LogP contribution >= 0.6 is 11.3 Å². The topological polar surface area (TPSA) is 41.1 Å². The van der Waals surface area contributed by atoms with Crippen LogP contribution in [0.15, 0.2) is 47.8 Å². The van der Waals surface area contributed by atoms with Gasteiger partial charge in [-0.3, -0.25) is 4.79 Å². The van der Waals surface area contributed by atoms with Crippen molar-refractivity contribution in [3.05, 3.63) is 52.7 Å². The zero-order chi connectivity index (χ0) is 14.4. The van der Waals surface area contributed by atoms with Gasteiger partial charge in [0, 0.05) is 16.6 Å². The molecule has 0 saturated carbocycles. The quantitative estimate of drug-likeness (QED) is 0.851. The van der Waals surface area contributed by atoms with E-state index < -0.39 is 0 Å². The molecule has 0 aliphatic heterocycles. The lowest BCUT2D eigenvalue weighted by atomic mass is 10.0. The molecule has 1 aromatic carbocycles. The van der Waals surface area contributed by atoms with Crippen LogP contribution in [0.25, 0.3) is 0 Å². The first-order valence-corrected chi connectivity index (χ1v) is 7.66. The summed E-state index contributed by atoms with van der Waals surface area (Å²) in [6, 6.07) is 13.9. The van der Waals surface area contributed by atoms with Crippen molar-refractivity contribution in [3.8, 4) is 0 Å². The third kappa shape index (κ3) is 4.18. The second kappa shape index (κ2) is 7.22. The van der Waals surface area contributed by atoms with E-state index in [9.17, 15) is 4.79 Å². The molecular formula is C16H20N2OS. The number of anilines is 1. The number of thiophene rings is 1. The summed E-state index contributed by atoms with van der Waals surface area (Å²) < 4.78 is 0. The molecule has 1 heterocycles. The van der Waals surface area contributed by atoms with Crippen LogP contribution in [0.4, 0.5) is 5.69 Å². The minimum absolute atomic E-state index is 0.0154. The van der Waals surface area contributed by atoms with Crippen LogP contribution in [-0.2, 0) is 4.79 Å². The van der Waals surface area contributed by atoms with Gasteiger partial charge in [-0.25, -0.2) is 0 Å². The van der Waals surface area contributed by atoms with Gasteiger partial charge in [-0.2, -0.15) is 0 Å². The smallest absolute Gasteiger partial charge is 0.238 e. The van der Waals surface area contributed by atoms with Gasteiger partial charge in [-0.1, -0.05) is 38.1 Å². The van der Waals surface area contributed by atoms with Crippen molar-refractivity contribution < 1.29 is 4.79 Å². The van der Waals surface area contributed by atoms with Crippen LogP contribution in [0.3, 0.4) is 0 Å². The molecule has 0 radical (unpaired) electrons. The third-order valence-electron chi connectivity index (χ3n) is 3.06. The Kier molecular flexibility index (Phi) is 5.32. The molecule has 1 unspecified atom stereocenters. The highest BCUT2D eigenvalue weighted by Gasteiger charge is 2.17. The molecule has 1 aromatic heterocycles. The molecule has 1 amide bonds. The summed E-state index contributed by atoms with van der Waals surface area (Å²) in [6.07, 6.45) is 0. The number of carbonyl (C=O) groups is 1. The van der Waals surface area contributed by atoms with Crippen molar-refractivity contribution in [3.63, 3.8) is 0 Å². The predicted molar refractivity (Wildman–Crippen MR) is 85.0 cm³/mol. The molecule has 0 fully saturated rings. The van der Waals surface area contributed by atoms with Gasteiger partial charge in [0.2, 0.25) is 5.91 Å². The van der Waals surface area contributed by atoms with Crippen molar-refractivity contribution >= 4 is 22.9 Å². The second-order valence-corrected chi connectivity index (χ2v) is 6.01. The van der Waals surface area contributed by atoms with Crippen LogP contribution in [0, 0.1) is 5.92 Å². The average molecular weight is 288 g/mol. The Morgan fingerprint density at radius 2 is 1.90 bits per heavy atom. The van der Waals surface area contributed by atoms with Crippen molar-refractivity contribution in [2.75, 3.05) is 11.9 Å². The van der Waals surface area contributed by atoms with E-state index in [1.807, 2.05) is 36.4 Å². The Labute approximate surface area is 124 Å². The fourth-order valence-corrected chi connectivity index (χ4v) is 3.04. The van der Waals surface area contributed by atoms with Crippen LogP contribution < -0.4 is 10.6 Å². The van der Waals surface area contributed by atoms with E-state index in [-0.39, 0.29) is 11.9 Å². The molecule has 0 bridgehead atoms. The monoisotopic (exact) mass is 288 g/mol. The molecule has 106 valence electrons. The van der Waals surface area contributed by atoms with E-state index in [0.717, 1.165) is 5.69 Å². The lowest BCUT2D eigenvalue weighted by Crippen LogP contribution is -2.33. The van der Waals surface area contributed by atoms with E-state index in [2.05, 4.69) is 35.9 Å². The second-order valence-electron chi connectivity index (χ2n) is 5.03. The average Bonchev–Trinajstić information content (AvgIpc) is 2.93. The molecule has 0 aliphatic rings. The summed E-state index contributed by atoms with van der Waals surface area (Å²) >= 11 is 1.72. The van der Waals surface area contributed by atoms with Gasteiger partial charge in [0.1, 0.15) is 0 Å². The van der Waals surface area contributed by atoms with Crippen molar-refractivity contribution in [2.24, 2.45) is 5.92 Å². The Bertz CT molecular complexity index is 523. The first-order chi connectivity index (χ1) is 9.66. The highest BCUT2D eigenvalue weighted by molar-refractivity contribution is 7.10. The number of hydrogen-bond donors (Lipinski definition) is 2. The molecular weight excluding hydrogens is 268 g/mol. The van der Waals surface area contributed by atoms with Crippen molar-refractivity contribution in [2.45, 2.75) is 19.9 Å². The number of para-hydroxylation sites is 1. The van der Waals surface area contributed by atoms with Gasteiger partial charge in [0.05, 0.1) is 6.54 Å². The molecule has 2 aromatic rings. The van der Waals surface area contributed by atoms with Gasteiger partial charge < -0.3 is 10.6 Å². The molecule has 0 spiro atoms. The number of carbonyl (C=O) groups excluding carboxylic acids is 1. The molecule has 0 aliphatic carbocycles. The fraction of sp³-hybridized carbons (Fsp3) is 0.312. The van der Waals surface area contributed by atoms with E-state index in [0.29, 0.717) is 12.5 Å². The first kappa shape index (κ1) is 14.8. The van der Waals surface area contributed by atoms with Gasteiger partial charge in [-0.05, 0) is 29.5 Å². The zero-order valence-corrected chi connectivity index (χ0v) is 12.6. The maximum absolute atomic E-state index is 11.9. The van der Waals surface area contributed by atoms with Gasteiger partial charge >= 0.3 is 0 Å². The van der Waals surface area contributed by atoms with Crippen LogP contribution in [0.2, 0.25) is 0 Å². The summed E-state index contributed by atoms with van der Waals surface area (Å²) in [5.41, 5.74) is 0.830. The molecule has 3 nitrogen and oxygen atoms in total. The van der Waals surface area contributed by atoms with E-state index in [1.165, 1.54) is 4.88 Å². The van der Waals surface area contributed by atoms with E-state index in [1.54, 1.807) is 11.3 Å². The number of rotatable bonds is 6. The highest BCUT2D eigenvalue weighted by Crippen LogP contribution is 2.25. The molecule has 20 heavy (non-hydrogen) atoms. The minimum atomic E-state index is -0.0154. The Balaban J connectivity index is 1.88. The van der Waals surface area contributed by atoms with Crippen LogP contribution in [-0.4, -0.2) is 12.5 Å². The Hall–Kier alpha value is -1.65. The standard InChI is InChI=1S/C16H20N2OS/c1-12(2)16(14-9-6-10-20-14)17-11-15(19)18-13-7-4-3-5-8-13/h3-10,12,16-17H,11H2,1-2H3,(H,18,19). The van der Waals surface area contributed by atoms with Crippen molar-refractivity contribution in [1.82, 2.24) is 5.32 Å². The largest absolute Gasteiger partial charge is 0.325 e. The van der Waals surface area contributed by atoms with E-state index in [4.69, 9.17) is 0 Å². The fourth-order valence-electron chi connectivity index (χ4n) is 2.06. The first-order valence-electron chi connectivity index (χ1n) is 6.78. The number of hydrogen-bond acceptors (Lipinski definition) is 3. The maximum atomic E-state index is 11.9. The molecule has 2 rings (SSSR count). The van der Waals surface area contributed by atoms with E-state index >= 15 is 0 Å². The summed E-state index contributed by atoms with van der Waals surface area (Å²) in [4.78, 5) is 13.2. The summed E-state index contributed by atoms with van der Waals surface area (Å²) in [7, 11) is 0. The maximum Gasteiger partial charge on any atom is 0.238 e. The summed E-state index contributed by atoms with van der Waals surface area (Å²) in [5, 5.41) is 8.29. The molecule has 2 N–H and O–H groups in total. The van der Waals surface area contributed by atoms with Crippen LogP contribution in [0.5, 0.6) is 0 Å². The highest BCUT2D eigenvalue weighted by atomic mass is 32.1. The van der Waals surface area contributed by atoms with Gasteiger partial charge in [0.15, 0.2) is 0 Å². The molecule has 1 atom stereocenters. The number of nitrogens with one attached hydrogen (secondary N) is 2. The number of amides is 1. The lowest BCUT2D eigenvalue weighted by molar-refractivity contribution is -0.115. The lowest BCUT2D eigenvalue weighted by Gasteiger charge is -2.21. The normalized spacial score (nSPS) is 12.3. The number of benzene rings is 1. The zero-order valence-electron chi connectivity index (χ0n) is 11.8. The SMILES string of the molecule is CC(C)C(NCC(=O)Nc1ccccc1)c1cccs1. The third-order valence-corrected chi connectivity index (χ3v) is 4.01. The summed E-state index contributed by atoms with van der Waals surface area (Å²) in [5.74, 6) is 0.427. The Morgan fingerprint density at radius 3 is 2.50 bits per heavy atom. The molecule has 4 heteroatoms. The van der Waals surface area contributed by atoms with Gasteiger partial charge in [-0.15, -0.1) is 11.3 Å². The predicted octanol–water partition coefficient (Wildman–Crippen LogP) is 3.67. The molecule has 0 saturated heterocycles. The summed E-state index contributed by atoms with van der Waals surface area (Å²) in [6.45, 7) is 4.63.